The van der Waals surface area contributed by atoms with E-state index < -0.39 is 6.36 Å². The minimum atomic E-state index is -4.74. The molecule has 118 valence electrons. The maximum absolute atomic E-state index is 12.0. The van der Waals surface area contributed by atoms with Crippen LogP contribution in [0.4, 0.5) is 13.2 Å². The van der Waals surface area contributed by atoms with E-state index in [4.69, 9.17) is 0 Å². The predicted octanol–water partition coefficient (Wildman–Crippen LogP) is 3.32. The number of alkyl halides is 3. The third kappa shape index (κ3) is 5.03. The fourth-order valence-corrected chi connectivity index (χ4v) is 2.38. The van der Waals surface area contributed by atoms with Gasteiger partial charge in [0.2, 0.25) is 0 Å². The summed E-state index contributed by atoms with van der Waals surface area (Å²) in [5.74, 6) is -0.715. The summed E-state index contributed by atoms with van der Waals surface area (Å²) in [6.45, 7) is 2.31. The van der Waals surface area contributed by atoms with E-state index in [1.165, 1.54) is 23.5 Å². The van der Waals surface area contributed by atoms with E-state index in [9.17, 15) is 18.0 Å². The molecule has 0 spiro atoms. The highest BCUT2D eigenvalue weighted by atomic mass is 32.1. The smallest absolute Gasteiger partial charge is 0.406 e. The second-order valence-corrected chi connectivity index (χ2v) is 5.50. The molecule has 0 radical (unpaired) electrons. The Bertz CT molecular complexity index is 638. The first-order valence-electron chi connectivity index (χ1n) is 6.38. The Labute approximate surface area is 128 Å². The number of amides is 1. The van der Waals surface area contributed by atoms with Gasteiger partial charge in [0.05, 0.1) is 10.7 Å². The summed E-state index contributed by atoms with van der Waals surface area (Å²) in [5, 5.41) is 5.57. The van der Waals surface area contributed by atoms with Crippen molar-refractivity contribution in [1.29, 1.82) is 0 Å². The van der Waals surface area contributed by atoms with Gasteiger partial charge in [-0.15, -0.1) is 24.5 Å². The fourth-order valence-electron chi connectivity index (χ4n) is 1.74. The summed E-state index contributed by atoms with van der Waals surface area (Å²) in [6, 6.07) is 4.77. The molecule has 1 heterocycles. The molecule has 0 aliphatic carbocycles. The van der Waals surface area contributed by atoms with Gasteiger partial charge in [-0.05, 0) is 31.2 Å². The Kier molecular flexibility index (Phi) is 5.02. The number of benzene rings is 1. The number of thiazole rings is 1. The molecule has 0 aliphatic rings. The van der Waals surface area contributed by atoms with Crippen LogP contribution in [0.5, 0.6) is 5.75 Å². The molecule has 0 saturated heterocycles. The average Bonchev–Trinajstić information content (AvgIpc) is 2.83. The van der Waals surface area contributed by atoms with Crippen LogP contribution in [-0.2, 0) is 6.42 Å². The number of aromatic nitrogens is 1. The lowest BCUT2D eigenvalue weighted by atomic mass is 10.2. The minimum absolute atomic E-state index is 0.268. The van der Waals surface area contributed by atoms with Gasteiger partial charge in [-0.1, -0.05) is 0 Å². The Morgan fingerprint density at radius 2 is 2.00 bits per heavy atom. The largest absolute Gasteiger partial charge is 0.573 e. The van der Waals surface area contributed by atoms with E-state index >= 15 is 0 Å². The average molecular weight is 330 g/mol. The molecule has 1 N–H and O–H groups in total. The first-order chi connectivity index (χ1) is 10.3. The van der Waals surface area contributed by atoms with Gasteiger partial charge >= 0.3 is 6.36 Å². The molecule has 0 atom stereocenters. The molecule has 0 fully saturated rings. The van der Waals surface area contributed by atoms with Gasteiger partial charge in [-0.25, -0.2) is 4.98 Å². The molecule has 0 saturated carbocycles. The molecule has 2 aromatic rings. The number of carbonyl (C=O) groups is 1. The van der Waals surface area contributed by atoms with Gasteiger partial charge in [0, 0.05) is 23.9 Å². The summed E-state index contributed by atoms with van der Waals surface area (Å²) in [5.41, 5.74) is 1.17. The molecule has 1 amide bonds. The van der Waals surface area contributed by atoms with E-state index in [1.807, 2.05) is 12.3 Å². The van der Waals surface area contributed by atoms with Gasteiger partial charge in [-0.3, -0.25) is 4.79 Å². The number of halogens is 3. The molecular formula is C14H13F3N2O2S. The standard InChI is InChI=1S/C14H13F3N2O2S/c1-9-19-11(8-22-9)6-7-18-13(20)10-2-4-12(5-3-10)21-14(15,16)17/h2-5,8H,6-7H2,1H3,(H,18,20). The Balaban J connectivity index is 1.84. The van der Waals surface area contributed by atoms with Crippen LogP contribution >= 0.6 is 11.3 Å². The summed E-state index contributed by atoms with van der Waals surface area (Å²) >= 11 is 1.54. The van der Waals surface area contributed by atoms with Crippen LogP contribution in [0.3, 0.4) is 0 Å². The lowest BCUT2D eigenvalue weighted by Crippen LogP contribution is -2.25. The van der Waals surface area contributed by atoms with Crippen molar-refractivity contribution in [3.8, 4) is 5.75 Å². The maximum Gasteiger partial charge on any atom is 0.573 e. The number of rotatable bonds is 5. The SMILES string of the molecule is Cc1nc(CCNC(=O)c2ccc(OC(F)(F)F)cc2)cs1. The van der Waals surface area contributed by atoms with Crippen molar-refractivity contribution >= 4 is 17.2 Å². The first kappa shape index (κ1) is 16.3. The van der Waals surface area contributed by atoms with Crippen LogP contribution < -0.4 is 10.1 Å². The van der Waals surface area contributed by atoms with Gasteiger partial charge in [-0.2, -0.15) is 0 Å². The van der Waals surface area contributed by atoms with Crippen LogP contribution in [0.15, 0.2) is 29.6 Å². The molecule has 22 heavy (non-hydrogen) atoms. The van der Waals surface area contributed by atoms with Crippen LogP contribution in [0.1, 0.15) is 21.1 Å². The van der Waals surface area contributed by atoms with Crippen molar-refractivity contribution < 1.29 is 22.7 Å². The van der Waals surface area contributed by atoms with E-state index in [-0.39, 0.29) is 17.2 Å². The van der Waals surface area contributed by atoms with Crippen molar-refractivity contribution in [2.45, 2.75) is 19.7 Å². The molecule has 1 aromatic carbocycles. The summed E-state index contributed by atoms with van der Waals surface area (Å²) < 4.78 is 39.8. The summed E-state index contributed by atoms with van der Waals surface area (Å²) in [4.78, 5) is 16.1. The molecule has 8 heteroatoms. The van der Waals surface area contributed by atoms with E-state index in [2.05, 4.69) is 15.0 Å². The Morgan fingerprint density at radius 3 is 2.55 bits per heavy atom. The van der Waals surface area contributed by atoms with Crippen molar-refractivity contribution in [3.63, 3.8) is 0 Å². The minimum Gasteiger partial charge on any atom is -0.406 e. The van der Waals surface area contributed by atoms with Crippen LogP contribution in [0.2, 0.25) is 0 Å². The predicted molar refractivity (Wildman–Crippen MR) is 76.0 cm³/mol. The number of hydrogen-bond donors (Lipinski definition) is 1. The third-order valence-corrected chi connectivity index (χ3v) is 3.51. The van der Waals surface area contributed by atoms with Gasteiger partial charge in [0.25, 0.3) is 5.91 Å². The Hall–Kier alpha value is -2.09. The van der Waals surface area contributed by atoms with E-state index in [0.29, 0.717) is 13.0 Å². The number of carbonyl (C=O) groups excluding carboxylic acids is 1. The zero-order valence-electron chi connectivity index (χ0n) is 11.6. The highest BCUT2D eigenvalue weighted by Gasteiger charge is 2.31. The highest BCUT2D eigenvalue weighted by molar-refractivity contribution is 7.09. The van der Waals surface area contributed by atoms with Crippen molar-refractivity contribution in [3.05, 3.63) is 45.9 Å². The lowest BCUT2D eigenvalue weighted by Gasteiger charge is -2.09. The number of hydrogen-bond acceptors (Lipinski definition) is 4. The second-order valence-electron chi connectivity index (χ2n) is 4.44. The number of aryl methyl sites for hydroxylation is 1. The van der Waals surface area contributed by atoms with Crippen molar-refractivity contribution in [2.24, 2.45) is 0 Å². The zero-order chi connectivity index (χ0) is 16.2. The summed E-state index contributed by atoms with van der Waals surface area (Å²) in [7, 11) is 0. The molecule has 0 unspecified atom stereocenters. The molecule has 1 aromatic heterocycles. The van der Waals surface area contributed by atoms with Gasteiger partial charge in [0.15, 0.2) is 0 Å². The van der Waals surface area contributed by atoms with Crippen LogP contribution in [-0.4, -0.2) is 23.8 Å². The summed E-state index contributed by atoms with van der Waals surface area (Å²) in [6.07, 6.45) is -4.14. The first-order valence-corrected chi connectivity index (χ1v) is 7.26. The van der Waals surface area contributed by atoms with Crippen LogP contribution in [0.25, 0.3) is 0 Å². The molecule has 0 aliphatic heterocycles. The molecule has 2 rings (SSSR count). The second kappa shape index (κ2) is 6.78. The fraction of sp³-hybridized carbons (Fsp3) is 0.286. The number of ether oxygens (including phenoxy) is 1. The topological polar surface area (TPSA) is 51.2 Å². The van der Waals surface area contributed by atoms with E-state index in [1.54, 1.807) is 0 Å². The van der Waals surface area contributed by atoms with Crippen LogP contribution in [0, 0.1) is 6.92 Å². The molecular weight excluding hydrogens is 317 g/mol. The van der Waals surface area contributed by atoms with Crippen molar-refractivity contribution in [1.82, 2.24) is 10.3 Å². The lowest BCUT2D eigenvalue weighted by molar-refractivity contribution is -0.274. The van der Waals surface area contributed by atoms with Gasteiger partial charge < -0.3 is 10.1 Å². The third-order valence-electron chi connectivity index (χ3n) is 2.68. The number of nitrogens with zero attached hydrogens (tertiary/aromatic N) is 1. The monoisotopic (exact) mass is 330 g/mol. The quantitative estimate of drug-likeness (QED) is 0.915. The molecule has 4 nitrogen and oxygen atoms in total. The normalized spacial score (nSPS) is 11.3. The zero-order valence-corrected chi connectivity index (χ0v) is 12.4. The molecule has 0 bridgehead atoms. The van der Waals surface area contributed by atoms with E-state index in [0.717, 1.165) is 22.8 Å². The Morgan fingerprint density at radius 1 is 1.32 bits per heavy atom. The van der Waals surface area contributed by atoms with Crippen molar-refractivity contribution in [2.75, 3.05) is 6.54 Å². The van der Waals surface area contributed by atoms with Gasteiger partial charge in [0.1, 0.15) is 5.75 Å². The highest BCUT2D eigenvalue weighted by Crippen LogP contribution is 2.22. The number of nitrogens with one attached hydrogen (secondary N) is 1. The maximum atomic E-state index is 12.0.